The third-order valence-corrected chi connectivity index (χ3v) is 11.1. The topological polar surface area (TPSA) is 37.3 Å². The minimum absolute atomic E-state index is 0.142. The van der Waals surface area contributed by atoms with Crippen LogP contribution in [0.4, 0.5) is 0 Å². The van der Waals surface area contributed by atoms with Crippen LogP contribution < -0.4 is 0 Å². The lowest BCUT2D eigenvalue weighted by atomic mass is 9.45. The number of carbonyl (C=O) groups excluding carboxylic acids is 1. The Hall–Kier alpha value is -0.890. The summed E-state index contributed by atoms with van der Waals surface area (Å²) in [5.41, 5.74) is 3.14. The standard InChI is InChI=1S/C29H44O2/c1-18(2)7-6-8-19(3)20-9-10-21-26-22(11-13-27(20,21)4)28(5)14-12-25(31)29(15-16-29)24(28)17-23(26)30/h7,17,19-23,26,30H,6,8-16H2,1-5H3/t19-,20-,21+,22+,23?,26+,27-,28-/m1/s1. The van der Waals surface area contributed by atoms with Crippen LogP contribution in [0.5, 0.6) is 0 Å². The van der Waals surface area contributed by atoms with Gasteiger partial charge in [0.25, 0.3) is 0 Å². The van der Waals surface area contributed by atoms with Gasteiger partial charge in [-0.2, -0.15) is 0 Å². The summed E-state index contributed by atoms with van der Waals surface area (Å²) < 4.78 is 0. The molecule has 0 aromatic rings. The molecule has 1 unspecified atom stereocenters. The molecule has 5 aliphatic carbocycles. The Kier molecular flexibility index (Phi) is 5.17. The minimum atomic E-state index is -0.346. The number of allylic oxidation sites excluding steroid dienone is 3. The Morgan fingerprint density at radius 2 is 1.87 bits per heavy atom. The van der Waals surface area contributed by atoms with E-state index in [1.54, 1.807) is 0 Å². The van der Waals surface area contributed by atoms with Crippen LogP contribution in [-0.2, 0) is 4.79 Å². The zero-order valence-corrected chi connectivity index (χ0v) is 20.5. The second kappa shape index (κ2) is 7.31. The van der Waals surface area contributed by atoms with Crippen molar-refractivity contribution in [2.45, 2.75) is 105 Å². The molecule has 0 aliphatic heterocycles. The smallest absolute Gasteiger partial charge is 0.143 e. The fourth-order valence-electron chi connectivity index (χ4n) is 9.36. The molecule has 1 spiro atoms. The normalized spacial score (nSPS) is 45.9. The molecule has 0 heterocycles. The van der Waals surface area contributed by atoms with Crippen molar-refractivity contribution < 1.29 is 9.90 Å². The lowest BCUT2D eigenvalue weighted by Crippen LogP contribution is -2.56. The molecule has 8 atom stereocenters. The summed E-state index contributed by atoms with van der Waals surface area (Å²) in [4.78, 5) is 12.8. The van der Waals surface area contributed by atoms with Crippen molar-refractivity contribution in [3.63, 3.8) is 0 Å². The molecular formula is C29H44O2. The lowest BCUT2D eigenvalue weighted by molar-refractivity contribution is -0.131. The number of hydrogen-bond acceptors (Lipinski definition) is 2. The van der Waals surface area contributed by atoms with Crippen LogP contribution in [0.25, 0.3) is 0 Å². The first-order valence-corrected chi connectivity index (χ1v) is 13.2. The summed E-state index contributed by atoms with van der Waals surface area (Å²) in [5.74, 6) is 3.61. The predicted octanol–water partition coefficient (Wildman–Crippen LogP) is 6.88. The highest BCUT2D eigenvalue weighted by Crippen LogP contribution is 2.72. The van der Waals surface area contributed by atoms with Gasteiger partial charge in [0, 0.05) is 6.42 Å². The number of aliphatic hydroxyl groups excluding tert-OH is 1. The SMILES string of the molecule is CC(C)=CCC[C@@H](C)[C@H]1CC[C@H]2[C@@H]3C(O)C=C4C5(CC5)C(=O)CC[C@]4(C)[C@H]3CC[C@]12C. The molecule has 0 aromatic carbocycles. The molecule has 0 amide bonds. The molecule has 2 heteroatoms. The van der Waals surface area contributed by atoms with Crippen LogP contribution in [-0.4, -0.2) is 17.0 Å². The Morgan fingerprint density at radius 3 is 2.55 bits per heavy atom. The average molecular weight is 425 g/mol. The van der Waals surface area contributed by atoms with E-state index < -0.39 is 0 Å². The maximum Gasteiger partial charge on any atom is 0.143 e. The number of rotatable bonds is 4. The van der Waals surface area contributed by atoms with Gasteiger partial charge >= 0.3 is 0 Å². The van der Waals surface area contributed by atoms with Crippen molar-refractivity contribution in [3.8, 4) is 0 Å². The largest absolute Gasteiger partial charge is 0.389 e. The fourth-order valence-corrected chi connectivity index (χ4v) is 9.36. The van der Waals surface area contributed by atoms with Crippen molar-refractivity contribution >= 4 is 5.78 Å². The van der Waals surface area contributed by atoms with Gasteiger partial charge in [-0.1, -0.05) is 44.1 Å². The molecular weight excluding hydrogens is 380 g/mol. The molecule has 2 nitrogen and oxygen atoms in total. The lowest BCUT2D eigenvalue weighted by Gasteiger charge is -2.60. The quantitative estimate of drug-likeness (QED) is 0.500. The van der Waals surface area contributed by atoms with Gasteiger partial charge in [-0.3, -0.25) is 4.79 Å². The molecule has 1 N–H and O–H groups in total. The summed E-state index contributed by atoms with van der Waals surface area (Å²) in [6.45, 7) is 11.9. The summed E-state index contributed by atoms with van der Waals surface area (Å²) in [5, 5.41) is 11.5. The van der Waals surface area contributed by atoms with Gasteiger partial charge in [0.2, 0.25) is 0 Å². The number of aliphatic hydroxyl groups is 1. The second-order valence-corrected chi connectivity index (χ2v) is 12.8. The molecule has 0 saturated heterocycles. The van der Waals surface area contributed by atoms with E-state index in [-0.39, 0.29) is 16.9 Å². The Bertz CT molecular complexity index is 813. The van der Waals surface area contributed by atoms with E-state index in [2.05, 4.69) is 46.8 Å². The molecule has 0 aromatic heterocycles. The van der Waals surface area contributed by atoms with Gasteiger partial charge in [0.05, 0.1) is 11.5 Å². The molecule has 31 heavy (non-hydrogen) atoms. The maximum absolute atomic E-state index is 12.8. The molecule has 4 fully saturated rings. The summed E-state index contributed by atoms with van der Waals surface area (Å²) >= 11 is 0. The van der Waals surface area contributed by atoms with Gasteiger partial charge in [-0.25, -0.2) is 0 Å². The van der Waals surface area contributed by atoms with Crippen LogP contribution >= 0.6 is 0 Å². The van der Waals surface area contributed by atoms with E-state index >= 15 is 0 Å². The molecule has 0 bridgehead atoms. The second-order valence-electron chi connectivity index (χ2n) is 12.8. The van der Waals surface area contributed by atoms with E-state index in [1.165, 1.54) is 49.7 Å². The van der Waals surface area contributed by atoms with Gasteiger partial charge in [-0.15, -0.1) is 0 Å². The Morgan fingerprint density at radius 1 is 1.13 bits per heavy atom. The van der Waals surface area contributed by atoms with Crippen LogP contribution in [0.2, 0.25) is 0 Å². The number of Topliss-reactive ketones (excluding diaryl/α,β-unsaturated/α-hetero) is 1. The first-order valence-electron chi connectivity index (χ1n) is 13.2. The number of carbonyl (C=O) groups is 1. The van der Waals surface area contributed by atoms with E-state index in [0.29, 0.717) is 29.0 Å². The van der Waals surface area contributed by atoms with Crippen LogP contribution in [0.3, 0.4) is 0 Å². The zero-order chi connectivity index (χ0) is 22.2. The fraction of sp³-hybridized carbons (Fsp3) is 0.828. The van der Waals surface area contributed by atoms with Crippen LogP contribution in [0, 0.1) is 45.8 Å². The van der Waals surface area contributed by atoms with Crippen molar-refractivity contribution in [1.82, 2.24) is 0 Å². The van der Waals surface area contributed by atoms with Crippen LogP contribution in [0.1, 0.15) is 98.8 Å². The summed E-state index contributed by atoms with van der Waals surface area (Å²) in [7, 11) is 0. The van der Waals surface area contributed by atoms with Crippen molar-refractivity contribution in [2.75, 3.05) is 0 Å². The van der Waals surface area contributed by atoms with E-state index in [9.17, 15) is 9.90 Å². The van der Waals surface area contributed by atoms with Crippen molar-refractivity contribution in [1.29, 1.82) is 0 Å². The molecule has 5 aliphatic rings. The molecule has 5 rings (SSSR count). The monoisotopic (exact) mass is 424 g/mol. The van der Waals surface area contributed by atoms with E-state index in [0.717, 1.165) is 37.5 Å². The Labute approximate surface area is 190 Å². The minimum Gasteiger partial charge on any atom is -0.389 e. The average Bonchev–Trinajstić information content (AvgIpc) is 3.42. The molecule has 4 saturated carbocycles. The number of hydrogen-bond donors (Lipinski definition) is 1. The van der Waals surface area contributed by atoms with E-state index in [1.807, 2.05) is 0 Å². The first kappa shape index (κ1) is 21.9. The van der Waals surface area contributed by atoms with Crippen molar-refractivity contribution in [3.05, 3.63) is 23.3 Å². The number of ketones is 1. The third kappa shape index (κ3) is 3.10. The highest BCUT2D eigenvalue weighted by atomic mass is 16.3. The third-order valence-electron chi connectivity index (χ3n) is 11.1. The predicted molar refractivity (Wildman–Crippen MR) is 126 cm³/mol. The van der Waals surface area contributed by atoms with Gasteiger partial charge in [0.1, 0.15) is 5.78 Å². The zero-order valence-electron chi connectivity index (χ0n) is 20.5. The first-order chi connectivity index (χ1) is 14.6. The van der Waals surface area contributed by atoms with E-state index in [4.69, 9.17) is 0 Å². The van der Waals surface area contributed by atoms with Gasteiger partial charge in [0.15, 0.2) is 0 Å². The number of fused-ring (bicyclic) bond motifs is 6. The van der Waals surface area contributed by atoms with Crippen LogP contribution in [0.15, 0.2) is 23.3 Å². The maximum atomic E-state index is 12.8. The highest BCUT2D eigenvalue weighted by Gasteiger charge is 2.66. The highest BCUT2D eigenvalue weighted by molar-refractivity contribution is 5.92. The molecule has 0 radical (unpaired) electrons. The Balaban J connectivity index is 1.42. The van der Waals surface area contributed by atoms with Gasteiger partial charge < -0.3 is 5.11 Å². The van der Waals surface area contributed by atoms with Crippen molar-refractivity contribution in [2.24, 2.45) is 45.8 Å². The molecule has 172 valence electrons. The van der Waals surface area contributed by atoms with Gasteiger partial charge in [-0.05, 0) is 112 Å². The summed E-state index contributed by atoms with van der Waals surface area (Å²) in [6.07, 6.45) is 15.8. The summed E-state index contributed by atoms with van der Waals surface area (Å²) in [6, 6.07) is 0.